The summed E-state index contributed by atoms with van der Waals surface area (Å²) in [5.41, 5.74) is 5.24. The van der Waals surface area contributed by atoms with Gasteiger partial charge in [-0.15, -0.1) is 0 Å². The normalized spacial score (nSPS) is 11.6. The highest BCUT2D eigenvalue weighted by Gasteiger charge is 2.32. The minimum atomic E-state index is -4.42. The lowest BCUT2D eigenvalue weighted by molar-refractivity contribution is -0.138. The molecule has 0 atom stereocenters. The zero-order valence-corrected chi connectivity index (χ0v) is 8.54. The topological polar surface area (TPSA) is 59.5 Å². The Morgan fingerprint density at radius 3 is 2.56 bits per heavy atom. The summed E-state index contributed by atoms with van der Waals surface area (Å²) in [6, 6.07) is 2.76. The van der Waals surface area contributed by atoms with Gasteiger partial charge in [0.15, 0.2) is 5.76 Å². The number of alkyl halides is 3. The van der Waals surface area contributed by atoms with Gasteiger partial charge in [-0.2, -0.15) is 13.2 Å². The van der Waals surface area contributed by atoms with Crippen molar-refractivity contribution in [2.24, 2.45) is 5.73 Å². The standard InChI is InChI=1S/C9H11F3N2O2/c1-14(5-9(10,11)12)8(15)7-3-2-6(4-13)16-7/h2-3H,4-5,13H2,1H3. The smallest absolute Gasteiger partial charge is 0.406 e. The van der Waals surface area contributed by atoms with Crippen LogP contribution in [0.4, 0.5) is 13.2 Å². The molecule has 0 saturated heterocycles. The maximum Gasteiger partial charge on any atom is 0.406 e. The molecule has 0 aliphatic rings. The van der Waals surface area contributed by atoms with Gasteiger partial charge >= 0.3 is 6.18 Å². The summed E-state index contributed by atoms with van der Waals surface area (Å²) in [6.07, 6.45) is -4.42. The summed E-state index contributed by atoms with van der Waals surface area (Å²) >= 11 is 0. The summed E-state index contributed by atoms with van der Waals surface area (Å²) in [7, 11) is 1.06. The number of halogens is 3. The molecule has 0 aromatic carbocycles. The first kappa shape index (κ1) is 12.6. The van der Waals surface area contributed by atoms with E-state index in [9.17, 15) is 18.0 Å². The second kappa shape index (κ2) is 4.56. The predicted octanol–water partition coefficient (Wildman–Crippen LogP) is 1.37. The number of carbonyl (C=O) groups is 1. The van der Waals surface area contributed by atoms with E-state index in [4.69, 9.17) is 10.2 Å². The van der Waals surface area contributed by atoms with Crippen molar-refractivity contribution >= 4 is 5.91 Å². The average Bonchev–Trinajstić information content (AvgIpc) is 2.61. The third kappa shape index (κ3) is 3.27. The predicted molar refractivity (Wildman–Crippen MR) is 49.6 cm³/mol. The molecule has 1 rings (SSSR count). The Balaban J connectivity index is 2.70. The van der Waals surface area contributed by atoms with E-state index < -0.39 is 18.6 Å². The molecule has 1 aromatic heterocycles. The minimum absolute atomic E-state index is 0.0935. The quantitative estimate of drug-likeness (QED) is 0.862. The monoisotopic (exact) mass is 236 g/mol. The average molecular weight is 236 g/mol. The van der Waals surface area contributed by atoms with Crippen LogP contribution in [-0.2, 0) is 6.54 Å². The van der Waals surface area contributed by atoms with Gasteiger partial charge in [-0.3, -0.25) is 4.79 Å². The van der Waals surface area contributed by atoms with E-state index in [2.05, 4.69) is 0 Å². The SMILES string of the molecule is CN(CC(F)(F)F)C(=O)c1ccc(CN)o1. The van der Waals surface area contributed by atoms with E-state index >= 15 is 0 Å². The fourth-order valence-corrected chi connectivity index (χ4v) is 1.13. The molecular weight excluding hydrogens is 225 g/mol. The maximum atomic E-state index is 12.0. The highest BCUT2D eigenvalue weighted by Crippen LogP contribution is 2.17. The van der Waals surface area contributed by atoms with Crippen LogP contribution in [0.3, 0.4) is 0 Å². The van der Waals surface area contributed by atoms with E-state index in [-0.39, 0.29) is 12.3 Å². The van der Waals surface area contributed by atoms with Gasteiger partial charge in [0.25, 0.3) is 5.91 Å². The van der Waals surface area contributed by atoms with Crippen LogP contribution >= 0.6 is 0 Å². The van der Waals surface area contributed by atoms with Crippen molar-refractivity contribution in [1.82, 2.24) is 4.90 Å². The second-order valence-corrected chi connectivity index (χ2v) is 3.25. The van der Waals surface area contributed by atoms with Crippen molar-refractivity contribution in [2.75, 3.05) is 13.6 Å². The van der Waals surface area contributed by atoms with Gasteiger partial charge in [-0.1, -0.05) is 0 Å². The molecule has 0 fully saturated rings. The van der Waals surface area contributed by atoms with E-state index in [0.29, 0.717) is 10.7 Å². The number of carbonyl (C=O) groups excluding carboxylic acids is 1. The van der Waals surface area contributed by atoms with Crippen LogP contribution in [0, 0.1) is 0 Å². The van der Waals surface area contributed by atoms with Gasteiger partial charge in [-0.05, 0) is 12.1 Å². The van der Waals surface area contributed by atoms with Crippen LogP contribution in [0.25, 0.3) is 0 Å². The van der Waals surface area contributed by atoms with Crippen LogP contribution in [0.2, 0.25) is 0 Å². The first-order chi connectivity index (χ1) is 7.33. The van der Waals surface area contributed by atoms with Crippen LogP contribution in [-0.4, -0.2) is 30.6 Å². The molecule has 0 unspecified atom stereocenters. The fourth-order valence-electron chi connectivity index (χ4n) is 1.13. The Labute approximate surface area is 89.8 Å². The van der Waals surface area contributed by atoms with E-state index in [1.165, 1.54) is 12.1 Å². The lowest BCUT2D eigenvalue weighted by atomic mass is 10.4. The molecule has 1 amide bonds. The van der Waals surface area contributed by atoms with Crippen LogP contribution in [0.1, 0.15) is 16.3 Å². The highest BCUT2D eigenvalue weighted by atomic mass is 19.4. The number of hydrogen-bond acceptors (Lipinski definition) is 3. The lowest BCUT2D eigenvalue weighted by Gasteiger charge is -2.17. The Morgan fingerprint density at radius 1 is 1.50 bits per heavy atom. The van der Waals surface area contributed by atoms with E-state index in [1.54, 1.807) is 0 Å². The molecule has 4 nitrogen and oxygen atoms in total. The molecule has 1 heterocycles. The first-order valence-corrected chi connectivity index (χ1v) is 4.44. The molecule has 2 N–H and O–H groups in total. The molecule has 0 aliphatic carbocycles. The maximum absolute atomic E-state index is 12.0. The molecule has 0 aliphatic heterocycles. The summed E-state index contributed by atoms with van der Waals surface area (Å²) in [4.78, 5) is 12.0. The Bertz CT molecular complexity index is 373. The molecule has 1 aromatic rings. The van der Waals surface area contributed by atoms with Crippen molar-refractivity contribution < 1.29 is 22.4 Å². The molecule has 0 spiro atoms. The van der Waals surface area contributed by atoms with Gasteiger partial charge in [0.05, 0.1) is 6.54 Å². The van der Waals surface area contributed by atoms with Crippen molar-refractivity contribution in [3.8, 4) is 0 Å². The van der Waals surface area contributed by atoms with Crippen LogP contribution < -0.4 is 5.73 Å². The summed E-state index contributed by atoms with van der Waals surface area (Å²) in [5, 5.41) is 0. The lowest BCUT2D eigenvalue weighted by Crippen LogP contribution is -2.35. The minimum Gasteiger partial charge on any atom is -0.455 e. The van der Waals surface area contributed by atoms with Gasteiger partial charge in [0.1, 0.15) is 12.3 Å². The molecular formula is C9H11F3N2O2. The van der Waals surface area contributed by atoms with Gasteiger partial charge in [-0.25, -0.2) is 0 Å². The summed E-state index contributed by atoms with van der Waals surface area (Å²) < 4.78 is 41.0. The van der Waals surface area contributed by atoms with E-state index in [0.717, 1.165) is 7.05 Å². The van der Waals surface area contributed by atoms with Crippen LogP contribution in [0.5, 0.6) is 0 Å². The van der Waals surface area contributed by atoms with E-state index in [1.807, 2.05) is 0 Å². The highest BCUT2D eigenvalue weighted by molar-refractivity contribution is 5.91. The van der Waals surface area contributed by atoms with Gasteiger partial charge in [0, 0.05) is 7.05 Å². The number of amides is 1. The Kier molecular flexibility index (Phi) is 3.58. The molecule has 7 heteroatoms. The number of nitrogens with two attached hydrogens (primary N) is 1. The zero-order chi connectivity index (χ0) is 12.3. The number of rotatable bonds is 3. The number of hydrogen-bond donors (Lipinski definition) is 1. The fraction of sp³-hybridized carbons (Fsp3) is 0.444. The molecule has 16 heavy (non-hydrogen) atoms. The van der Waals surface area contributed by atoms with Crippen molar-refractivity contribution in [1.29, 1.82) is 0 Å². The number of nitrogens with zero attached hydrogens (tertiary/aromatic N) is 1. The molecule has 90 valence electrons. The largest absolute Gasteiger partial charge is 0.455 e. The van der Waals surface area contributed by atoms with Crippen molar-refractivity contribution in [2.45, 2.75) is 12.7 Å². The zero-order valence-electron chi connectivity index (χ0n) is 8.54. The van der Waals surface area contributed by atoms with Gasteiger partial charge in [0.2, 0.25) is 0 Å². The molecule has 0 radical (unpaired) electrons. The van der Waals surface area contributed by atoms with Crippen molar-refractivity contribution in [3.63, 3.8) is 0 Å². The first-order valence-electron chi connectivity index (χ1n) is 4.44. The molecule has 0 bridgehead atoms. The summed E-state index contributed by atoms with van der Waals surface area (Å²) in [5.74, 6) is -0.618. The summed E-state index contributed by atoms with van der Waals surface area (Å²) in [6.45, 7) is -1.22. The third-order valence-electron chi connectivity index (χ3n) is 1.84. The number of furan rings is 1. The Hall–Kier alpha value is -1.50. The van der Waals surface area contributed by atoms with Crippen LogP contribution in [0.15, 0.2) is 16.5 Å². The van der Waals surface area contributed by atoms with Crippen molar-refractivity contribution in [3.05, 3.63) is 23.7 Å². The van der Waals surface area contributed by atoms with Gasteiger partial charge < -0.3 is 15.1 Å². The third-order valence-corrected chi connectivity index (χ3v) is 1.84. The second-order valence-electron chi connectivity index (χ2n) is 3.25. The molecule has 0 saturated carbocycles. The Morgan fingerprint density at radius 2 is 2.12 bits per heavy atom.